The van der Waals surface area contributed by atoms with Gasteiger partial charge in [0.25, 0.3) is 11.8 Å². The first-order chi connectivity index (χ1) is 29.7. The van der Waals surface area contributed by atoms with Gasteiger partial charge in [-0.1, -0.05) is 55.8 Å². The summed E-state index contributed by atoms with van der Waals surface area (Å²) >= 11 is 3.71. The number of allylic oxidation sites excluding steroid dienone is 1. The van der Waals surface area contributed by atoms with E-state index in [2.05, 4.69) is 83.4 Å². The van der Waals surface area contributed by atoms with Gasteiger partial charge in [0, 0.05) is 41.5 Å². The van der Waals surface area contributed by atoms with Gasteiger partial charge in [0.15, 0.2) is 11.7 Å². The number of amidine groups is 2. The van der Waals surface area contributed by atoms with Crippen LogP contribution in [0, 0.1) is 10.8 Å². The van der Waals surface area contributed by atoms with Crippen molar-refractivity contribution >= 4 is 68.5 Å². The molecule has 6 heterocycles. The van der Waals surface area contributed by atoms with Gasteiger partial charge >= 0.3 is 12.2 Å². The fourth-order valence-electron chi connectivity index (χ4n) is 9.07. The Kier molecular flexibility index (Phi) is 12.1. The van der Waals surface area contributed by atoms with Crippen LogP contribution in [0.5, 0.6) is 11.5 Å². The number of ether oxygens (including phenoxy) is 4. The molecule has 4 amide bonds. The molecule has 0 bridgehead atoms. The molecule has 6 aliphatic heterocycles. The summed E-state index contributed by atoms with van der Waals surface area (Å²) in [5, 5.41) is 8.35. The largest absolute Gasteiger partial charge is 0.483 e. The summed E-state index contributed by atoms with van der Waals surface area (Å²) in [5.74, 6) is 2.80. The van der Waals surface area contributed by atoms with Crippen molar-refractivity contribution in [2.75, 3.05) is 49.2 Å². The van der Waals surface area contributed by atoms with E-state index in [4.69, 9.17) is 18.9 Å². The van der Waals surface area contributed by atoms with Gasteiger partial charge < -0.3 is 38.5 Å². The number of anilines is 2. The Morgan fingerprint density at radius 3 is 1.55 bits per heavy atom. The third-order valence-electron chi connectivity index (χ3n) is 13.1. The molecule has 0 unspecified atom stereocenters. The Bertz CT molecular complexity index is 2340. The van der Waals surface area contributed by atoms with E-state index in [1.54, 1.807) is 9.80 Å². The number of fused-ring (bicyclic) bond motifs is 6. The highest BCUT2D eigenvalue weighted by atomic mass is 79.9. The average molecular weight is 948 g/mol. The number of hydrogen-bond donors (Lipinski definition) is 2. The molecule has 6 aliphatic rings. The third kappa shape index (κ3) is 8.88. The standard InChI is InChI=1S/C25H34N4O4.C22H29BrN4O4/c1-14(2)17-10-20-19(29-16(4)22(30)27-26-21(29)11-32-20)9-18(17)15(3)25(8)12-28(13-25)23(31)33-24(5,6)7;1-12(22(6)10-26(11-22)20(29)31-21(3,4)5)14-7-16-17(8-15(14)23)30-9-18-24-25-19(28)13(2)27(16)18/h9-10,15-16H,1,11-13H2,2-8H3,(H,27,30);7-8,12-13H,9-11H2,1-6H3,(H,25,28)/t15-,16-;12-,13-/m11/s1. The highest BCUT2D eigenvalue weighted by Gasteiger charge is 2.49. The lowest BCUT2D eigenvalue weighted by Gasteiger charge is -2.51. The number of halogens is 1. The van der Waals surface area contributed by atoms with Crippen LogP contribution in [0.1, 0.15) is 119 Å². The van der Waals surface area contributed by atoms with Gasteiger partial charge in [-0.3, -0.25) is 9.59 Å². The fourth-order valence-corrected chi connectivity index (χ4v) is 9.74. The van der Waals surface area contributed by atoms with Crippen LogP contribution in [-0.2, 0) is 19.1 Å². The minimum absolute atomic E-state index is 0.0923. The van der Waals surface area contributed by atoms with Crippen LogP contribution in [0.4, 0.5) is 21.0 Å². The number of carbonyl (C=O) groups excluding carboxylic acids is 4. The van der Waals surface area contributed by atoms with Crippen LogP contribution in [-0.4, -0.2) is 108 Å². The van der Waals surface area contributed by atoms with E-state index < -0.39 is 11.2 Å². The maximum atomic E-state index is 12.5. The summed E-state index contributed by atoms with van der Waals surface area (Å²) in [6.45, 7) is 33.0. The predicted octanol–water partition coefficient (Wildman–Crippen LogP) is 7.95. The van der Waals surface area contributed by atoms with Crippen molar-refractivity contribution in [2.45, 2.75) is 125 Å². The van der Waals surface area contributed by atoms with Crippen molar-refractivity contribution < 1.29 is 38.1 Å². The number of nitrogens with one attached hydrogen (secondary N) is 2. The minimum Gasteiger partial charge on any atom is -0.483 e. The zero-order chi connectivity index (χ0) is 47.0. The van der Waals surface area contributed by atoms with E-state index in [9.17, 15) is 19.2 Å². The van der Waals surface area contributed by atoms with Crippen LogP contribution >= 0.6 is 15.9 Å². The highest BCUT2D eigenvalue weighted by Crippen LogP contribution is 2.50. The molecule has 2 N–H and O–H groups in total. The summed E-state index contributed by atoms with van der Waals surface area (Å²) in [7, 11) is 0. The van der Waals surface area contributed by atoms with E-state index in [-0.39, 0.29) is 58.8 Å². The number of likely N-dealkylation sites (tertiary alicyclic amines) is 2. The number of carbonyl (C=O) groups is 4. The topological polar surface area (TPSA) is 167 Å². The number of amides is 4. The quantitative estimate of drug-likeness (QED) is 0.300. The van der Waals surface area contributed by atoms with Gasteiger partial charge in [-0.05, 0) is 115 Å². The Morgan fingerprint density at radius 1 is 0.750 bits per heavy atom. The van der Waals surface area contributed by atoms with Crippen molar-refractivity contribution in [1.82, 2.24) is 20.7 Å². The molecule has 17 heteroatoms. The third-order valence-corrected chi connectivity index (χ3v) is 13.8. The molecule has 8 rings (SSSR count). The molecule has 2 saturated heterocycles. The van der Waals surface area contributed by atoms with E-state index in [1.807, 2.05) is 84.2 Å². The molecule has 2 fully saturated rings. The van der Waals surface area contributed by atoms with Crippen molar-refractivity contribution in [3.8, 4) is 11.5 Å². The Morgan fingerprint density at radius 2 is 1.14 bits per heavy atom. The lowest BCUT2D eigenvalue weighted by molar-refractivity contribution is -0.123. The monoisotopic (exact) mass is 946 g/mol. The van der Waals surface area contributed by atoms with Gasteiger partial charge in [0.05, 0.1) is 11.4 Å². The van der Waals surface area contributed by atoms with Crippen LogP contribution in [0.3, 0.4) is 0 Å². The SMILES string of the molecule is C=C(C)c1cc2c(cc1[C@@H](C)C1(C)CN(C(=O)OC(C)(C)C)C1)N1C(=NNC(=O)[C@H]1C)CO2.C[C@@H]1C(=O)NN=C2COc3cc(Br)c([C@@H](C)C4(C)CN(C(=O)OC(C)(C)C)C4)cc3N21. The molecule has 2 aromatic carbocycles. The summed E-state index contributed by atoms with van der Waals surface area (Å²) in [4.78, 5) is 56.8. The molecule has 0 saturated carbocycles. The molecule has 2 aromatic rings. The van der Waals surface area contributed by atoms with Crippen LogP contribution in [0.15, 0.2) is 45.5 Å². The highest BCUT2D eigenvalue weighted by molar-refractivity contribution is 9.10. The summed E-state index contributed by atoms with van der Waals surface area (Å²) < 4.78 is 23.9. The zero-order valence-corrected chi connectivity index (χ0v) is 41.0. The second-order valence-electron chi connectivity index (χ2n) is 20.6. The number of rotatable bonds is 5. The number of hydrazone groups is 2. The van der Waals surface area contributed by atoms with E-state index in [0.717, 1.165) is 49.6 Å². The maximum Gasteiger partial charge on any atom is 0.410 e. The molecule has 16 nitrogen and oxygen atoms in total. The van der Waals surface area contributed by atoms with E-state index >= 15 is 0 Å². The van der Waals surface area contributed by atoms with Gasteiger partial charge in [0.2, 0.25) is 0 Å². The van der Waals surface area contributed by atoms with E-state index in [0.29, 0.717) is 51.1 Å². The average Bonchev–Trinajstić information content (AvgIpc) is 3.18. The smallest absolute Gasteiger partial charge is 0.410 e. The lowest BCUT2D eigenvalue weighted by Crippen LogP contribution is -2.60. The van der Waals surface area contributed by atoms with Gasteiger partial charge in [0.1, 0.15) is 48.0 Å². The van der Waals surface area contributed by atoms with Crippen molar-refractivity contribution in [1.29, 1.82) is 0 Å². The van der Waals surface area contributed by atoms with Gasteiger partial charge in [-0.2, -0.15) is 10.2 Å². The first kappa shape index (κ1) is 46.7. The molecular weight excluding hydrogens is 884 g/mol. The van der Waals surface area contributed by atoms with Gasteiger partial charge in [-0.15, -0.1) is 0 Å². The fraction of sp³-hybridized carbons (Fsp3) is 0.574. The molecular formula is C47H63BrN8O8. The Labute approximate surface area is 384 Å². The first-order valence-electron chi connectivity index (χ1n) is 21.9. The minimum atomic E-state index is -0.517. The Hall–Kier alpha value is -5.32. The molecule has 0 spiro atoms. The number of hydrogen-bond acceptors (Lipinski definition) is 12. The number of nitrogens with zero attached hydrogens (tertiary/aromatic N) is 6. The maximum absolute atomic E-state index is 12.5. The summed E-state index contributed by atoms with van der Waals surface area (Å²) in [6, 6.07) is 7.41. The molecule has 4 atom stereocenters. The van der Waals surface area contributed by atoms with E-state index in [1.165, 1.54) is 0 Å². The first-order valence-corrected chi connectivity index (χ1v) is 22.7. The lowest BCUT2D eigenvalue weighted by atomic mass is 9.68. The van der Waals surface area contributed by atoms with Crippen LogP contribution in [0.25, 0.3) is 5.57 Å². The molecule has 0 aliphatic carbocycles. The van der Waals surface area contributed by atoms with Gasteiger partial charge in [-0.25, -0.2) is 20.4 Å². The molecule has 64 heavy (non-hydrogen) atoms. The Balaban J connectivity index is 0.000000192. The summed E-state index contributed by atoms with van der Waals surface area (Å²) in [5.41, 5.74) is 9.76. The van der Waals surface area contributed by atoms with Crippen molar-refractivity contribution in [2.24, 2.45) is 21.0 Å². The second-order valence-corrected chi connectivity index (χ2v) is 21.5. The predicted molar refractivity (Wildman–Crippen MR) is 250 cm³/mol. The molecule has 346 valence electrons. The number of benzene rings is 2. The second kappa shape index (κ2) is 16.6. The summed E-state index contributed by atoms with van der Waals surface area (Å²) in [6.07, 6.45) is -0.552. The molecule has 0 radical (unpaired) electrons. The van der Waals surface area contributed by atoms with Crippen LogP contribution in [0.2, 0.25) is 0 Å². The van der Waals surface area contributed by atoms with Crippen LogP contribution < -0.4 is 30.1 Å². The normalized spacial score (nSPS) is 22.5. The van der Waals surface area contributed by atoms with Crippen molar-refractivity contribution in [3.05, 3.63) is 52.0 Å². The van der Waals surface area contributed by atoms with Crippen molar-refractivity contribution in [3.63, 3.8) is 0 Å². The molecule has 0 aromatic heterocycles. The zero-order valence-electron chi connectivity index (χ0n) is 39.4.